The van der Waals surface area contributed by atoms with Crippen molar-refractivity contribution in [1.29, 1.82) is 5.26 Å². The Morgan fingerprint density at radius 1 is 1.31 bits per heavy atom. The molecule has 0 spiro atoms. The normalized spacial score (nSPS) is 25.5. The van der Waals surface area contributed by atoms with Crippen LogP contribution in [0.15, 0.2) is 30.3 Å². The van der Waals surface area contributed by atoms with Gasteiger partial charge in [-0.3, -0.25) is 4.90 Å². The van der Waals surface area contributed by atoms with Gasteiger partial charge in [0.15, 0.2) is 0 Å². The smallest absolute Gasteiger partial charge is 0.0673 e. The second-order valence-corrected chi connectivity index (χ2v) is 4.36. The number of nitriles is 1. The number of rotatable bonds is 3. The van der Waals surface area contributed by atoms with Gasteiger partial charge in [0.2, 0.25) is 0 Å². The SMILES string of the molecule is N#C[C@@H]1CN(Cc2ccccc2)C[C@H]1CO. The lowest BCUT2D eigenvalue weighted by Gasteiger charge is -2.14. The van der Waals surface area contributed by atoms with Crippen LogP contribution in [0.25, 0.3) is 0 Å². The zero-order valence-electron chi connectivity index (χ0n) is 9.21. The number of likely N-dealkylation sites (tertiary alicyclic amines) is 1. The van der Waals surface area contributed by atoms with E-state index in [9.17, 15) is 5.11 Å². The fourth-order valence-corrected chi connectivity index (χ4v) is 2.26. The van der Waals surface area contributed by atoms with Crippen molar-refractivity contribution in [2.24, 2.45) is 11.8 Å². The van der Waals surface area contributed by atoms with E-state index in [1.54, 1.807) is 0 Å². The molecule has 1 aromatic carbocycles. The van der Waals surface area contributed by atoms with E-state index in [4.69, 9.17) is 5.26 Å². The standard InChI is InChI=1S/C13H16N2O/c14-6-12-8-15(9-13(12)10-16)7-11-4-2-1-3-5-11/h1-5,12-13,16H,7-10H2/t12-,13+/m1/s1. The molecule has 84 valence electrons. The van der Waals surface area contributed by atoms with Gasteiger partial charge in [-0.05, 0) is 5.56 Å². The molecule has 1 N–H and O–H groups in total. The molecular weight excluding hydrogens is 200 g/mol. The highest BCUT2D eigenvalue weighted by Crippen LogP contribution is 2.23. The molecule has 2 rings (SSSR count). The van der Waals surface area contributed by atoms with E-state index in [0.29, 0.717) is 0 Å². The molecule has 0 amide bonds. The average Bonchev–Trinajstić information content (AvgIpc) is 2.72. The van der Waals surface area contributed by atoms with Crippen molar-refractivity contribution in [2.75, 3.05) is 19.7 Å². The molecule has 0 saturated carbocycles. The maximum absolute atomic E-state index is 9.17. The Kier molecular flexibility index (Phi) is 3.55. The van der Waals surface area contributed by atoms with Crippen molar-refractivity contribution < 1.29 is 5.11 Å². The lowest BCUT2D eigenvalue weighted by atomic mass is 9.99. The minimum Gasteiger partial charge on any atom is -0.396 e. The molecule has 1 aliphatic heterocycles. The molecule has 16 heavy (non-hydrogen) atoms. The maximum Gasteiger partial charge on any atom is 0.0673 e. The summed E-state index contributed by atoms with van der Waals surface area (Å²) in [5.74, 6) is 0.0995. The molecule has 3 nitrogen and oxygen atoms in total. The van der Waals surface area contributed by atoms with Crippen LogP contribution in [0.2, 0.25) is 0 Å². The van der Waals surface area contributed by atoms with Crippen LogP contribution < -0.4 is 0 Å². The number of aliphatic hydroxyl groups is 1. The first-order valence-corrected chi connectivity index (χ1v) is 5.60. The first-order valence-electron chi connectivity index (χ1n) is 5.60. The Morgan fingerprint density at radius 2 is 2.06 bits per heavy atom. The molecule has 1 aromatic rings. The van der Waals surface area contributed by atoms with Crippen LogP contribution >= 0.6 is 0 Å². The average molecular weight is 216 g/mol. The van der Waals surface area contributed by atoms with Gasteiger partial charge in [0.1, 0.15) is 0 Å². The van der Waals surface area contributed by atoms with Crippen LogP contribution in [0.3, 0.4) is 0 Å². The monoisotopic (exact) mass is 216 g/mol. The van der Waals surface area contributed by atoms with Gasteiger partial charge >= 0.3 is 0 Å². The van der Waals surface area contributed by atoms with Crippen molar-refractivity contribution >= 4 is 0 Å². The molecule has 0 aromatic heterocycles. The van der Waals surface area contributed by atoms with Crippen molar-refractivity contribution in [1.82, 2.24) is 4.90 Å². The highest BCUT2D eigenvalue weighted by atomic mass is 16.3. The van der Waals surface area contributed by atoms with E-state index in [0.717, 1.165) is 19.6 Å². The minimum absolute atomic E-state index is 0.0197. The number of benzene rings is 1. The molecule has 1 aliphatic rings. The number of hydrogen-bond acceptors (Lipinski definition) is 3. The molecule has 0 radical (unpaired) electrons. The molecule has 0 aliphatic carbocycles. The van der Waals surface area contributed by atoms with Crippen LogP contribution in [0.4, 0.5) is 0 Å². The zero-order chi connectivity index (χ0) is 11.4. The molecule has 2 atom stereocenters. The Labute approximate surface area is 95.9 Å². The van der Waals surface area contributed by atoms with E-state index in [2.05, 4.69) is 23.1 Å². The third-order valence-corrected chi connectivity index (χ3v) is 3.17. The van der Waals surface area contributed by atoms with Gasteiger partial charge in [0.25, 0.3) is 0 Å². The number of hydrogen-bond donors (Lipinski definition) is 1. The topological polar surface area (TPSA) is 47.3 Å². The molecule has 1 fully saturated rings. The summed E-state index contributed by atoms with van der Waals surface area (Å²) in [5.41, 5.74) is 1.26. The highest BCUT2D eigenvalue weighted by Gasteiger charge is 2.31. The maximum atomic E-state index is 9.17. The van der Waals surface area contributed by atoms with Crippen LogP contribution in [0.5, 0.6) is 0 Å². The van der Waals surface area contributed by atoms with Gasteiger partial charge in [-0.1, -0.05) is 30.3 Å². The van der Waals surface area contributed by atoms with Crippen molar-refractivity contribution in [3.63, 3.8) is 0 Å². The van der Waals surface area contributed by atoms with Crippen LogP contribution in [-0.2, 0) is 6.54 Å². The van der Waals surface area contributed by atoms with E-state index in [1.165, 1.54) is 5.56 Å². The van der Waals surface area contributed by atoms with E-state index in [1.807, 2.05) is 18.2 Å². The third-order valence-electron chi connectivity index (χ3n) is 3.17. The molecule has 1 heterocycles. The van der Waals surface area contributed by atoms with Crippen molar-refractivity contribution in [3.8, 4) is 6.07 Å². The van der Waals surface area contributed by atoms with Gasteiger partial charge < -0.3 is 5.11 Å². The van der Waals surface area contributed by atoms with Gasteiger partial charge in [-0.2, -0.15) is 5.26 Å². The van der Waals surface area contributed by atoms with Crippen molar-refractivity contribution in [3.05, 3.63) is 35.9 Å². The Bertz CT molecular complexity index is 371. The largest absolute Gasteiger partial charge is 0.396 e. The summed E-state index contributed by atoms with van der Waals surface area (Å²) in [5, 5.41) is 18.1. The molecule has 0 bridgehead atoms. The molecular formula is C13H16N2O. The second-order valence-electron chi connectivity index (χ2n) is 4.36. The number of aliphatic hydroxyl groups excluding tert-OH is 1. The first kappa shape index (κ1) is 11.1. The summed E-state index contributed by atoms with van der Waals surface area (Å²) in [6.07, 6.45) is 0. The lowest BCUT2D eigenvalue weighted by molar-refractivity contribution is 0.211. The number of nitrogens with zero attached hydrogens (tertiary/aromatic N) is 2. The van der Waals surface area contributed by atoms with Gasteiger partial charge in [-0.25, -0.2) is 0 Å². The molecule has 1 saturated heterocycles. The second kappa shape index (κ2) is 5.11. The Balaban J connectivity index is 1.96. The predicted molar refractivity (Wildman–Crippen MR) is 61.4 cm³/mol. The predicted octanol–water partition coefficient (Wildman–Crippen LogP) is 1.25. The zero-order valence-corrected chi connectivity index (χ0v) is 9.21. The van der Waals surface area contributed by atoms with E-state index in [-0.39, 0.29) is 18.4 Å². The summed E-state index contributed by atoms with van der Waals surface area (Å²) in [7, 11) is 0. The quantitative estimate of drug-likeness (QED) is 0.827. The highest BCUT2D eigenvalue weighted by molar-refractivity contribution is 5.15. The third kappa shape index (κ3) is 2.41. The van der Waals surface area contributed by atoms with Gasteiger partial charge in [0, 0.05) is 32.2 Å². The van der Waals surface area contributed by atoms with Gasteiger partial charge in [-0.15, -0.1) is 0 Å². The fourth-order valence-electron chi connectivity index (χ4n) is 2.26. The minimum atomic E-state index is -0.0197. The summed E-state index contributed by atoms with van der Waals surface area (Å²) in [6, 6.07) is 12.5. The molecule has 3 heteroatoms. The molecule has 0 unspecified atom stereocenters. The fraction of sp³-hybridized carbons (Fsp3) is 0.462. The van der Waals surface area contributed by atoms with E-state index < -0.39 is 0 Å². The van der Waals surface area contributed by atoms with Gasteiger partial charge in [0.05, 0.1) is 12.0 Å². The first-order chi connectivity index (χ1) is 7.83. The Morgan fingerprint density at radius 3 is 2.62 bits per heavy atom. The summed E-state index contributed by atoms with van der Waals surface area (Å²) >= 11 is 0. The summed E-state index contributed by atoms with van der Waals surface area (Å²) < 4.78 is 0. The lowest BCUT2D eigenvalue weighted by Crippen LogP contribution is -2.20. The summed E-state index contributed by atoms with van der Waals surface area (Å²) in [6.45, 7) is 2.58. The Hall–Kier alpha value is -1.37. The van der Waals surface area contributed by atoms with Crippen molar-refractivity contribution in [2.45, 2.75) is 6.54 Å². The van der Waals surface area contributed by atoms with Crippen LogP contribution in [0.1, 0.15) is 5.56 Å². The van der Waals surface area contributed by atoms with Crippen LogP contribution in [0, 0.1) is 23.2 Å². The van der Waals surface area contributed by atoms with E-state index >= 15 is 0 Å². The summed E-state index contributed by atoms with van der Waals surface area (Å²) in [4.78, 5) is 2.24. The van der Waals surface area contributed by atoms with Crippen LogP contribution in [-0.4, -0.2) is 29.7 Å².